The van der Waals surface area contributed by atoms with Crippen molar-refractivity contribution in [2.45, 2.75) is 45.4 Å². The number of H-pyrrole nitrogens is 1. The third-order valence-corrected chi connectivity index (χ3v) is 6.52. The van der Waals surface area contributed by atoms with Crippen molar-refractivity contribution in [2.24, 2.45) is 10.9 Å². The number of tetrazole rings is 1. The van der Waals surface area contributed by atoms with E-state index in [2.05, 4.69) is 57.9 Å². The van der Waals surface area contributed by atoms with Gasteiger partial charge in [-0.3, -0.25) is 0 Å². The van der Waals surface area contributed by atoms with Gasteiger partial charge in [-0.05, 0) is 59.6 Å². The number of hydrogen-bond acceptors (Lipinski definition) is 5. The number of aromatic nitrogens is 4. The van der Waals surface area contributed by atoms with Crippen molar-refractivity contribution >= 4 is 17.3 Å². The molecule has 7 heteroatoms. The first-order valence-corrected chi connectivity index (χ1v) is 11.9. The predicted octanol–water partition coefficient (Wildman–Crippen LogP) is 6.21. The minimum absolute atomic E-state index is 0.386. The van der Waals surface area contributed by atoms with Crippen LogP contribution >= 0.6 is 11.6 Å². The van der Waals surface area contributed by atoms with Crippen LogP contribution in [0.1, 0.15) is 44.6 Å². The molecule has 0 bridgehead atoms. The maximum atomic E-state index is 6.55. The third kappa shape index (κ3) is 5.75. The summed E-state index contributed by atoms with van der Waals surface area (Å²) in [5, 5.41) is 15.2. The molecule has 1 aliphatic rings. The molecular formula is C26H30ClN5O. The summed E-state index contributed by atoms with van der Waals surface area (Å²) in [6.07, 6.45) is 6.19. The molecule has 0 unspecified atom stereocenters. The summed E-state index contributed by atoms with van der Waals surface area (Å²) in [4.78, 5) is 4.86. The van der Waals surface area contributed by atoms with Gasteiger partial charge in [0.25, 0.3) is 0 Å². The smallest absolute Gasteiger partial charge is 0.205 e. The van der Waals surface area contributed by atoms with Crippen molar-refractivity contribution in [3.63, 3.8) is 0 Å². The van der Waals surface area contributed by atoms with Gasteiger partial charge in [0.2, 0.25) is 5.82 Å². The van der Waals surface area contributed by atoms with Gasteiger partial charge in [-0.2, -0.15) is 5.21 Å². The van der Waals surface area contributed by atoms with Gasteiger partial charge in [-0.1, -0.05) is 73.5 Å². The lowest BCUT2D eigenvalue weighted by atomic mass is 9.87. The van der Waals surface area contributed by atoms with E-state index in [0.717, 1.165) is 60.8 Å². The molecular weight excluding hydrogens is 434 g/mol. The van der Waals surface area contributed by atoms with Crippen molar-refractivity contribution in [1.29, 1.82) is 0 Å². The molecule has 0 fully saturated rings. The second kappa shape index (κ2) is 11.3. The summed E-state index contributed by atoms with van der Waals surface area (Å²) in [7, 11) is 1.71. The average molecular weight is 464 g/mol. The molecule has 0 radical (unpaired) electrons. The molecule has 172 valence electrons. The van der Waals surface area contributed by atoms with Crippen LogP contribution < -0.4 is 0 Å². The van der Waals surface area contributed by atoms with Gasteiger partial charge in [-0.25, -0.2) is 4.99 Å². The first-order valence-electron chi connectivity index (χ1n) is 11.6. The standard InChI is InChI=1S/C26H30ClN5O/c1-3-4-9-24-20(14-15-21(17-33-2)25(27)28-24)16-18-10-12-19(13-11-18)22-7-5-6-8-23(22)26-29-31-32-30-26/h5-8,10-13,20H,3-4,9,14-17H2,1-2H3,(H,29,30,31,32)/t20-/m0/s1. The number of unbranched alkanes of at least 4 members (excludes halogenated alkanes) is 1. The van der Waals surface area contributed by atoms with Crippen LogP contribution in [0.5, 0.6) is 0 Å². The molecule has 0 spiro atoms. The minimum atomic E-state index is 0.386. The van der Waals surface area contributed by atoms with Crippen molar-refractivity contribution < 1.29 is 4.74 Å². The SMILES string of the molecule is CCCCC1=NC(Cl)=C(COC)CC[C@H]1Cc1ccc(-c2ccccc2-c2nn[nH]n2)cc1. The van der Waals surface area contributed by atoms with Crippen molar-refractivity contribution in [3.05, 3.63) is 64.8 Å². The minimum Gasteiger partial charge on any atom is -0.380 e. The topological polar surface area (TPSA) is 76.1 Å². The second-order valence-corrected chi connectivity index (χ2v) is 8.81. The average Bonchev–Trinajstić information content (AvgIpc) is 3.34. The summed E-state index contributed by atoms with van der Waals surface area (Å²) in [6, 6.07) is 16.9. The van der Waals surface area contributed by atoms with Gasteiger partial charge in [0.05, 0.1) is 6.61 Å². The molecule has 4 rings (SSSR count). The van der Waals surface area contributed by atoms with Crippen LogP contribution in [0, 0.1) is 5.92 Å². The Morgan fingerprint density at radius 3 is 2.58 bits per heavy atom. The molecule has 2 heterocycles. The van der Waals surface area contributed by atoms with Crippen LogP contribution in [0.25, 0.3) is 22.5 Å². The molecule has 0 aliphatic carbocycles. The lowest BCUT2D eigenvalue weighted by Crippen LogP contribution is -2.17. The van der Waals surface area contributed by atoms with E-state index >= 15 is 0 Å². The van der Waals surface area contributed by atoms with Crippen LogP contribution in [0.2, 0.25) is 0 Å². The molecule has 2 aromatic carbocycles. The molecule has 0 saturated heterocycles. The molecule has 6 nitrogen and oxygen atoms in total. The zero-order chi connectivity index (χ0) is 23.0. The summed E-state index contributed by atoms with van der Waals surface area (Å²) in [5.74, 6) is 0.985. The van der Waals surface area contributed by atoms with Crippen molar-refractivity contribution in [1.82, 2.24) is 20.6 Å². The Balaban J connectivity index is 1.54. The summed E-state index contributed by atoms with van der Waals surface area (Å²) in [6.45, 7) is 2.76. The summed E-state index contributed by atoms with van der Waals surface area (Å²) < 4.78 is 5.34. The molecule has 1 atom stereocenters. The van der Waals surface area contributed by atoms with Crippen LogP contribution in [0.3, 0.4) is 0 Å². The zero-order valence-electron chi connectivity index (χ0n) is 19.2. The van der Waals surface area contributed by atoms with E-state index in [4.69, 9.17) is 21.3 Å². The Bertz CT molecular complexity index is 1110. The third-order valence-electron chi connectivity index (χ3n) is 6.16. The fourth-order valence-electron chi connectivity index (χ4n) is 4.37. The molecule has 33 heavy (non-hydrogen) atoms. The zero-order valence-corrected chi connectivity index (χ0v) is 20.0. The predicted molar refractivity (Wildman–Crippen MR) is 133 cm³/mol. The number of rotatable bonds is 9. The van der Waals surface area contributed by atoms with E-state index < -0.39 is 0 Å². The largest absolute Gasteiger partial charge is 0.380 e. The lowest BCUT2D eigenvalue weighted by molar-refractivity contribution is 0.222. The molecule has 3 aromatic rings. The van der Waals surface area contributed by atoms with Gasteiger partial charge in [0, 0.05) is 24.3 Å². The maximum absolute atomic E-state index is 6.55. The van der Waals surface area contributed by atoms with Crippen molar-refractivity contribution in [3.8, 4) is 22.5 Å². The van der Waals surface area contributed by atoms with Gasteiger partial charge in [-0.15, -0.1) is 10.2 Å². The molecule has 0 amide bonds. The van der Waals surface area contributed by atoms with E-state index in [9.17, 15) is 0 Å². The highest BCUT2D eigenvalue weighted by atomic mass is 35.5. The normalized spacial score (nSPS) is 16.6. The van der Waals surface area contributed by atoms with Gasteiger partial charge < -0.3 is 4.74 Å². The highest BCUT2D eigenvalue weighted by Crippen LogP contribution is 2.32. The molecule has 1 N–H and O–H groups in total. The Labute approximate surface area is 200 Å². The first kappa shape index (κ1) is 23.3. The van der Waals surface area contributed by atoms with Crippen LogP contribution in [0.15, 0.2) is 64.3 Å². The number of aromatic amines is 1. The number of nitrogens with one attached hydrogen (secondary N) is 1. The second-order valence-electron chi connectivity index (χ2n) is 8.45. The van der Waals surface area contributed by atoms with E-state index in [-0.39, 0.29) is 0 Å². The summed E-state index contributed by atoms with van der Waals surface area (Å²) in [5.41, 5.74) is 6.81. The van der Waals surface area contributed by atoms with Crippen LogP contribution in [-0.2, 0) is 11.2 Å². The Morgan fingerprint density at radius 2 is 1.88 bits per heavy atom. The molecule has 1 aliphatic heterocycles. The monoisotopic (exact) mass is 463 g/mol. The quantitative estimate of drug-likeness (QED) is 0.382. The summed E-state index contributed by atoms with van der Waals surface area (Å²) >= 11 is 6.55. The highest BCUT2D eigenvalue weighted by molar-refractivity contribution is 6.30. The van der Waals surface area contributed by atoms with Crippen LogP contribution in [0.4, 0.5) is 0 Å². The Hall–Kier alpha value is -2.83. The number of nitrogens with zero attached hydrogens (tertiary/aromatic N) is 4. The number of halogens is 1. The number of hydrogen-bond donors (Lipinski definition) is 1. The lowest BCUT2D eigenvalue weighted by Gasteiger charge is -2.18. The van der Waals surface area contributed by atoms with E-state index in [1.807, 2.05) is 18.2 Å². The van der Waals surface area contributed by atoms with Gasteiger partial charge in [0.15, 0.2) is 0 Å². The Kier molecular flexibility index (Phi) is 8.02. The van der Waals surface area contributed by atoms with Crippen LogP contribution in [-0.4, -0.2) is 40.1 Å². The molecule has 1 aromatic heterocycles. The Morgan fingerprint density at radius 1 is 1.09 bits per heavy atom. The van der Waals surface area contributed by atoms with Gasteiger partial charge in [0.1, 0.15) is 5.16 Å². The maximum Gasteiger partial charge on any atom is 0.205 e. The van der Waals surface area contributed by atoms with E-state index in [1.54, 1.807) is 7.11 Å². The number of aliphatic imine (C=N–C) groups is 1. The van der Waals surface area contributed by atoms with E-state index in [0.29, 0.717) is 23.5 Å². The fraction of sp³-hybridized carbons (Fsp3) is 0.385. The van der Waals surface area contributed by atoms with E-state index in [1.165, 1.54) is 11.3 Å². The van der Waals surface area contributed by atoms with Gasteiger partial charge >= 0.3 is 0 Å². The number of benzene rings is 2. The molecule has 0 saturated carbocycles. The fourth-order valence-corrected chi connectivity index (χ4v) is 4.63. The first-order chi connectivity index (χ1) is 16.2. The number of methoxy groups -OCH3 is 1. The highest BCUT2D eigenvalue weighted by Gasteiger charge is 2.22. The number of ether oxygens (including phenoxy) is 1. The van der Waals surface area contributed by atoms with Crippen molar-refractivity contribution in [2.75, 3.05) is 13.7 Å².